The zero-order valence-electron chi connectivity index (χ0n) is 14.1. The highest BCUT2D eigenvalue weighted by atomic mass is 79.9. The number of hydrogen-bond acceptors (Lipinski definition) is 2. The van der Waals surface area contributed by atoms with Gasteiger partial charge in [-0.15, -0.1) is 0 Å². The normalized spacial score (nSPS) is 17.6. The summed E-state index contributed by atoms with van der Waals surface area (Å²) in [5, 5.41) is 6.65. The summed E-state index contributed by atoms with van der Waals surface area (Å²) in [5.41, 5.74) is 0.622. The summed E-state index contributed by atoms with van der Waals surface area (Å²) in [6, 6.07) is 5.99. The Hall–Kier alpha value is -1.14. The van der Waals surface area contributed by atoms with Gasteiger partial charge in [0.15, 0.2) is 5.96 Å². The van der Waals surface area contributed by atoms with E-state index < -0.39 is 0 Å². The molecular weight excluding hydrogens is 359 g/mol. The highest BCUT2D eigenvalue weighted by Crippen LogP contribution is 2.15. The molecule has 1 fully saturated rings. The van der Waals surface area contributed by atoms with Gasteiger partial charge in [0.25, 0.3) is 0 Å². The minimum absolute atomic E-state index is 0.207. The van der Waals surface area contributed by atoms with E-state index in [0.29, 0.717) is 24.2 Å². The third kappa shape index (κ3) is 5.46. The fraction of sp³-hybridized carbons (Fsp3) is 0.588. The maximum atomic E-state index is 13.8. The molecule has 23 heavy (non-hydrogen) atoms. The van der Waals surface area contributed by atoms with Crippen LogP contribution in [0.15, 0.2) is 27.7 Å². The molecule has 0 aliphatic carbocycles. The number of likely N-dealkylation sites (tertiary alicyclic amines) is 1. The van der Waals surface area contributed by atoms with Gasteiger partial charge in [-0.25, -0.2) is 4.39 Å². The van der Waals surface area contributed by atoms with Gasteiger partial charge in [0.2, 0.25) is 0 Å². The Kier molecular flexibility index (Phi) is 6.84. The Labute approximate surface area is 146 Å². The lowest BCUT2D eigenvalue weighted by atomic mass is 10.0. The quantitative estimate of drug-likeness (QED) is 0.618. The van der Waals surface area contributed by atoms with Crippen LogP contribution >= 0.6 is 15.9 Å². The van der Waals surface area contributed by atoms with Crippen molar-refractivity contribution >= 4 is 21.9 Å². The minimum atomic E-state index is -0.207. The first kappa shape index (κ1) is 18.2. The summed E-state index contributed by atoms with van der Waals surface area (Å²) in [6.45, 7) is 7.09. The molecule has 0 bridgehead atoms. The molecule has 1 aliphatic rings. The molecule has 2 N–H and O–H groups in total. The molecule has 1 aromatic carbocycles. The zero-order chi connectivity index (χ0) is 16.8. The van der Waals surface area contributed by atoms with Crippen molar-refractivity contribution in [3.8, 4) is 0 Å². The van der Waals surface area contributed by atoms with Crippen molar-refractivity contribution in [3.05, 3.63) is 34.1 Å². The van der Waals surface area contributed by atoms with Crippen LogP contribution in [0, 0.1) is 5.82 Å². The molecular formula is C17H26BrFN4. The zero-order valence-corrected chi connectivity index (χ0v) is 15.7. The van der Waals surface area contributed by atoms with Crippen molar-refractivity contribution in [2.24, 2.45) is 4.99 Å². The van der Waals surface area contributed by atoms with Crippen LogP contribution < -0.4 is 10.6 Å². The Morgan fingerprint density at radius 3 is 2.70 bits per heavy atom. The first-order valence-corrected chi connectivity index (χ1v) is 8.94. The molecule has 0 aromatic heterocycles. The van der Waals surface area contributed by atoms with E-state index in [-0.39, 0.29) is 5.82 Å². The van der Waals surface area contributed by atoms with Crippen molar-refractivity contribution < 1.29 is 4.39 Å². The first-order valence-electron chi connectivity index (χ1n) is 8.14. The van der Waals surface area contributed by atoms with E-state index in [1.807, 2.05) is 0 Å². The second-order valence-electron chi connectivity index (χ2n) is 6.21. The van der Waals surface area contributed by atoms with Gasteiger partial charge < -0.3 is 15.5 Å². The Morgan fingerprint density at radius 2 is 2.09 bits per heavy atom. The fourth-order valence-corrected chi connectivity index (χ4v) is 3.21. The van der Waals surface area contributed by atoms with E-state index in [2.05, 4.69) is 50.3 Å². The number of piperidine rings is 1. The number of nitrogens with zero attached hydrogens (tertiary/aromatic N) is 2. The second kappa shape index (κ2) is 8.64. The largest absolute Gasteiger partial charge is 0.354 e. The minimum Gasteiger partial charge on any atom is -0.354 e. The molecule has 1 aromatic rings. The maximum absolute atomic E-state index is 13.8. The summed E-state index contributed by atoms with van der Waals surface area (Å²) >= 11 is 3.37. The molecule has 0 atom stereocenters. The number of benzene rings is 1. The van der Waals surface area contributed by atoms with Gasteiger partial charge in [-0.3, -0.25) is 4.99 Å². The van der Waals surface area contributed by atoms with E-state index >= 15 is 0 Å². The van der Waals surface area contributed by atoms with Crippen LogP contribution in [0.4, 0.5) is 4.39 Å². The van der Waals surface area contributed by atoms with Gasteiger partial charge in [-0.1, -0.05) is 15.9 Å². The molecule has 0 saturated carbocycles. The predicted octanol–water partition coefficient (Wildman–Crippen LogP) is 3.13. The van der Waals surface area contributed by atoms with Crippen LogP contribution in [0.2, 0.25) is 0 Å². The Bertz CT molecular complexity index is 539. The first-order chi connectivity index (χ1) is 11.0. The van der Waals surface area contributed by atoms with E-state index in [1.165, 1.54) is 6.07 Å². The van der Waals surface area contributed by atoms with Gasteiger partial charge >= 0.3 is 0 Å². The lowest BCUT2D eigenvalue weighted by Crippen LogP contribution is -2.49. The fourth-order valence-electron chi connectivity index (χ4n) is 2.81. The van der Waals surface area contributed by atoms with Gasteiger partial charge in [0, 0.05) is 48.8 Å². The highest BCUT2D eigenvalue weighted by molar-refractivity contribution is 9.10. The molecule has 0 amide bonds. The summed E-state index contributed by atoms with van der Waals surface area (Å²) in [6.07, 6.45) is 2.20. The summed E-state index contributed by atoms with van der Waals surface area (Å²) in [4.78, 5) is 6.74. The van der Waals surface area contributed by atoms with Gasteiger partial charge in [0.1, 0.15) is 5.82 Å². The van der Waals surface area contributed by atoms with Crippen molar-refractivity contribution in [1.29, 1.82) is 0 Å². The smallest absolute Gasteiger partial charge is 0.191 e. The van der Waals surface area contributed by atoms with Crippen LogP contribution in [0.25, 0.3) is 0 Å². The average molecular weight is 385 g/mol. The van der Waals surface area contributed by atoms with Crippen LogP contribution in [0.3, 0.4) is 0 Å². The highest BCUT2D eigenvalue weighted by Gasteiger charge is 2.21. The predicted molar refractivity (Wildman–Crippen MR) is 97.2 cm³/mol. The number of rotatable bonds is 4. The average Bonchev–Trinajstić information content (AvgIpc) is 2.54. The van der Waals surface area contributed by atoms with Gasteiger partial charge in [0.05, 0.1) is 0 Å². The molecule has 2 rings (SSSR count). The topological polar surface area (TPSA) is 39.7 Å². The molecule has 1 heterocycles. The SMILES string of the molecule is CN=C(NCc1cc(Br)ccc1F)NC1CCN(C(C)C)CC1. The van der Waals surface area contributed by atoms with Crippen LogP contribution in [-0.2, 0) is 6.54 Å². The molecule has 0 radical (unpaired) electrons. The standard InChI is InChI=1S/C17H26BrFN4/c1-12(2)23-8-6-15(7-9-23)22-17(20-3)21-11-13-10-14(18)4-5-16(13)19/h4-5,10,12,15H,6-9,11H2,1-3H3,(H2,20,21,22). The Balaban J connectivity index is 1.83. The lowest BCUT2D eigenvalue weighted by Gasteiger charge is -2.35. The van der Waals surface area contributed by atoms with Crippen molar-refractivity contribution in [3.63, 3.8) is 0 Å². The van der Waals surface area contributed by atoms with Crippen LogP contribution in [0.1, 0.15) is 32.3 Å². The van der Waals surface area contributed by atoms with Gasteiger partial charge in [-0.05, 0) is 44.9 Å². The van der Waals surface area contributed by atoms with Crippen molar-refractivity contribution in [1.82, 2.24) is 15.5 Å². The van der Waals surface area contributed by atoms with Crippen molar-refractivity contribution in [2.45, 2.75) is 45.3 Å². The number of aliphatic imine (C=N–C) groups is 1. The number of hydrogen-bond donors (Lipinski definition) is 2. The van der Waals surface area contributed by atoms with E-state index in [9.17, 15) is 4.39 Å². The molecule has 0 spiro atoms. The molecule has 128 valence electrons. The van der Waals surface area contributed by atoms with E-state index in [0.717, 1.165) is 36.4 Å². The summed E-state index contributed by atoms with van der Waals surface area (Å²) in [7, 11) is 1.75. The van der Waals surface area contributed by atoms with Crippen LogP contribution in [0.5, 0.6) is 0 Å². The Morgan fingerprint density at radius 1 is 1.39 bits per heavy atom. The summed E-state index contributed by atoms with van der Waals surface area (Å²) < 4.78 is 14.6. The van der Waals surface area contributed by atoms with E-state index in [4.69, 9.17) is 0 Å². The number of halogens is 2. The third-order valence-electron chi connectivity index (χ3n) is 4.28. The molecule has 4 nitrogen and oxygen atoms in total. The molecule has 1 saturated heterocycles. The number of nitrogens with one attached hydrogen (secondary N) is 2. The molecule has 1 aliphatic heterocycles. The second-order valence-corrected chi connectivity index (χ2v) is 7.13. The van der Waals surface area contributed by atoms with E-state index in [1.54, 1.807) is 19.2 Å². The maximum Gasteiger partial charge on any atom is 0.191 e. The molecule has 0 unspecified atom stereocenters. The van der Waals surface area contributed by atoms with Crippen LogP contribution in [-0.4, -0.2) is 43.1 Å². The monoisotopic (exact) mass is 384 g/mol. The van der Waals surface area contributed by atoms with Gasteiger partial charge in [-0.2, -0.15) is 0 Å². The van der Waals surface area contributed by atoms with Crippen molar-refractivity contribution in [2.75, 3.05) is 20.1 Å². The lowest BCUT2D eigenvalue weighted by molar-refractivity contribution is 0.167. The summed E-state index contributed by atoms with van der Waals surface area (Å²) in [5.74, 6) is 0.522. The third-order valence-corrected chi connectivity index (χ3v) is 4.77. The number of guanidine groups is 1. The molecule has 6 heteroatoms.